The molecule has 0 fully saturated rings. The molecular formula is C21H19FN2O2. The predicted molar refractivity (Wildman–Crippen MR) is 101 cm³/mol. The Morgan fingerprint density at radius 3 is 2.54 bits per heavy atom. The largest absolute Gasteiger partial charge is 0.490 e. The molecule has 4 nitrogen and oxygen atoms in total. The van der Waals surface area contributed by atoms with Gasteiger partial charge < -0.3 is 4.74 Å². The Bertz CT molecular complexity index is 950. The molecule has 0 aliphatic heterocycles. The quantitative estimate of drug-likeness (QED) is 0.543. The first-order chi connectivity index (χ1) is 12.5. The average Bonchev–Trinajstić information content (AvgIpc) is 2.63. The van der Waals surface area contributed by atoms with Gasteiger partial charge in [0.05, 0.1) is 12.3 Å². The Morgan fingerprint density at radius 1 is 1.08 bits per heavy atom. The van der Waals surface area contributed by atoms with Crippen molar-refractivity contribution in [2.45, 2.75) is 20.0 Å². The Labute approximate surface area is 151 Å². The number of nitrogens with zero attached hydrogens (tertiary/aromatic N) is 1. The van der Waals surface area contributed by atoms with Gasteiger partial charge in [0.1, 0.15) is 11.6 Å². The van der Waals surface area contributed by atoms with E-state index >= 15 is 0 Å². The Kier molecular flexibility index (Phi) is 5.27. The minimum absolute atomic E-state index is 0.0112. The summed E-state index contributed by atoms with van der Waals surface area (Å²) in [5.41, 5.74) is 3.59. The minimum atomic E-state index is -0.409. The van der Waals surface area contributed by atoms with Crippen LogP contribution in [0.3, 0.4) is 0 Å². The highest BCUT2D eigenvalue weighted by molar-refractivity contribution is 6.03. The van der Waals surface area contributed by atoms with Crippen molar-refractivity contribution >= 4 is 22.9 Å². The van der Waals surface area contributed by atoms with Crippen LogP contribution in [0.5, 0.6) is 5.75 Å². The molecule has 0 saturated heterocycles. The van der Waals surface area contributed by atoms with Gasteiger partial charge in [-0.3, -0.25) is 4.79 Å². The van der Waals surface area contributed by atoms with E-state index in [1.807, 2.05) is 50.2 Å². The van der Waals surface area contributed by atoms with Crippen LogP contribution in [-0.4, -0.2) is 18.2 Å². The molecule has 132 valence electrons. The Hall–Kier alpha value is -3.21. The van der Waals surface area contributed by atoms with Gasteiger partial charge in [0.2, 0.25) is 0 Å². The zero-order valence-electron chi connectivity index (χ0n) is 14.6. The molecule has 0 unspecified atom stereocenters. The summed E-state index contributed by atoms with van der Waals surface area (Å²) in [6.07, 6.45) is 1.58. The van der Waals surface area contributed by atoms with Crippen LogP contribution in [-0.2, 0) is 0 Å². The number of nitrogens with one attached hydrogen (secondary N) is 1. The number of hydrogen-bond acceptors (Lipinski definition) is 3. The van der Waals surface area contributed by atoms with Crippen LogP contribution in [0.15, 0.2) is 65.8 Å². The van der Waals surface area contributed by atoms with Crippen molar-refractivity contribution in [1.82, 2.24) is 5.43 Å². The normalized spacial score (nSPS) is 11.2. The summed E-state index contributed by atoms with van der Waals surface area (Å²) in [5, 5.41) is 6.09. The van der Waals surface area contributed by atoms with Crippen molar-refractivity contribution in [2.75, 3.05) is 0 Å². The molecule has 26 heavy (non-hydrogen) atoms. The number of halogens is 1. The molecule has 1 amide bonds. The first kappa shape index (κ1) is 17.6. The van der Waals surface area contributed by atoms with Gasteiger partial charge in [0, 0.05) is 11.1 Å². The summed E-state index contributed by atoms with van der Waals surface area (Å²) in [5.74, 6) is -0.109. The van der Waals surface area contributed by atoms with Crippen molar-refractivity contribution in [3.63, 3.8) is 0 Å². The van der Waals surface area contributed by atoms with Crippen LogP contribution >= 0.6 is 0 Å². The fourth-order valence-electron chi connectivity index (χ4n) is 2.59. The van der Waals surface area contributed by atoms with Crippen LogP contribution in [0.2, 0.25) is 0 Å². The third-order valence-electron chi connectivity index (χ3n) is 3.76. The van der Waals surface area contributed by atoms with Gasteiger partial charge in [-0.05, 0) is 55.0 Å². The standard InChI is InChI=1S/C21H19FN2O2/c1-14(2)26-20-12-9-15-5-3-4-6-18(15)19(20)13-23-24-21(25)16-7-10-17(22)11-8-16/h3-14H,1-2H3,(H,24,25)/b23-13-. The highest BCUT2D eigenvalue weighted by Crippen LogP contribution is 2.27. The molecule has 0 bridgehead atoms. The maximum atomic E-state index is 12.9. The van der Waals surface area contributed by atoms with Crippen molar-refractivity contribution in [2.24, 2.45) is 5.10 Å². The van der Waals surface area contributed by atoms with Gasteiger partial charge >= 0.3 is 0 Å². The van der Waals surface area contributed by atoms with E-state index in [1.54, 1.807) is 6.21 Å². The van der Waals surface area contributed by atoms with E-state index in [2.05, 4.69) is 10.5 Å². The van der Waals surface area contributed by atoms with Crippen molar-refractivity contribution in [1.29, 1.82) is 0 Å². The smallest absolute Gasteiger partial charge is 0.271 e. The molecule has 5 heteroatoms. The number of amides is 1. The predicted octanol–water partition coefficient (Wildman–Crippen LogP) is 4.53. The van der Waals surface area contributed by atoms with Gasteiger partial charge in [-0.2, -0.15) is 5.10 Å². The number of hydrazone groups is 1. The molecule has 1 N–H and O–H groups in total. The summed E-state index contributed by atoms with van der Waals surface area (Å²) in [7, 11) is 0. The molecule has 0 radical (unpaired) electrons. The third kappa shape index (κ3) is 4.06. The molecule has 0 saturated carbocycles. The topological polar surface area (TPSA) is 50.7 Å². The average molecular weight is 350 g/mol. The lowest BCUT2D eigenvalue weighted by Crippen LogP contribution is -2.17. The number of rotatable bonds is 5. The van der Waals surface area contributed by atoms with E-state index in [9.17, 15) is 9.18 Å². The summed E-state index contributed by atoms with van der Waals surface area (Å²) in [6.45, 7) is 3.90. The first-order valence-electron chi connectivity index (χ1n) is 8.32. The highest BCUT2D eigenvalue weighted by Gasteiger charge is 2.09. The van der Waals surface area contributed by atoms with Gasteiger partial charge in [0.15, 0.2) is 0 Å². The fourth-order valence-corrected chi connectivity index (χ4v) is 2.59. The molecule has 0 aliphatic rings. The maximum absolute atomic E-state index is 12.9. The SMILES string of the molecule is CC(C)Oc1ccc2ccccc2c1/C=N\NC(=O)c1ccc(F)cc1. The van der Waals surface area contributed by atoms with Crippen molar-refractivity contribution < 1.29 is 13.9 Å². The van der Waals surface area contributed by atoms with E-state index in [0.29, 0.717) is 11.3 Å². The molecule has 0 aliphatic carbocycles. The molecule has 3 aromatic rings. The van der Waals surface area contributed by atoms with Crippen LogP contribution in [0.4, 0.5) is 4.39 Å². The number of benzene rings is 3. The Morgan fingerprint density at radius 2 is 1.81 bits per heavy atom. The number of carbonyl (C=O) groups is 1. The molecule has 0 spiro atoms. The van der Waals surface area contributed by atoms with Gasteiger partial charge in [0.25, 0.3) is 5.91 Å². The van der Waals surface area contributed by atoms with Gasteiger partial charge in [-0.1, -0.05) is 30.3 Å². The summed E-state index contributed by atoms with van der Waals surface area (Å²) >= 11 is 0. The third-order valence-corrected chi connectivity index (χ3v) is 3.76. The highest BCUT2D eigenvalue weighted by atomic mass is 19.1. The van der Waals surface area contributed by atoms with Gasteiger partial charge in [-0.15, -0.1) is 0 Å². The summed E-state index contributed by atoms with van der Waals surface area (Å²) in [6, 6.07) is 17.0. The minimum Gasteiger partial charge on any atom is -0.490 e. The zero-order valence-corrected chi connectivity index (χ0v) is 14.6. The molecule has 0 atom stereocenters. The first-order valence-corrected chi connectivity index (χ1v) is 8.32. The van der Waals surface area contributed by atoms with Crippen molar-refractivity contribution in [3.8, 4) is 5.75 Å². The second-order valence-corrected chi connectivity index (χ2v) is 6.07. The van der Waals surface area contributed by atoms with E-state index in [1.165, 1.54) is 24.3 Å². The lowest BCUT2D eigenvalue weighted by molar-refractivity contribution is 0.0955. The maximum Gasteiger partial charge on any atom is 0.271 e. The second-order valence-electron chi connectivity index (χ2n) is 6.07. The molecule has 0 heterocycles. The zero-order chi connectivity index (χ0) is 18.5. The number of hydrogen-bond donors (Lipinski definition) is 1. The molecule has 0 aromatic heterocycles. The van der Waals surface area contributed by atoms with E-state index in [0.717, 1.165) is 16.3 Å². The van der Waals surface area contributed by atoms with Crippen LogP contribution in [0.25, 0.3) is 10.8 Å². The molecular weight excluding hydrogens is 331 g/mol. The summed E-state index contributed by atoms with van der Waals surface area (Å²) < 4.78 is 18.8. The van der Waals surface area contributed by atoms with Crippen LogP contribution < -0.4 is 10.2 Å². The van der Waals surface area contributed by atoms with E-state index in [4.69, 9.17) is 4.74 Å². The second kappa shape index (κ2) is 7.78. The lowest BCUT2D eigenvalue weighted by Gasteiger charge is -2.14. The van der Waals surface area contributed by atoms with Crippen LogP contribution in [0, 0.1) is 5.82 Å². The van der Waals surface area contributed by atoms with E-state index < -0.39 is 11.7 Å². The van der Waals surface area contributed by atoms with Crippen molar-refractivity contribution in [3.05, 3.63) is 77.6 Å². The molecule has 3 rings (SSSR count). The number of carbonyl (C=O) groups excluding carboxylic acids is 1. The number of fused-ring (bicyclic) bond motifs is 1. The Balaban J connectivity index is 1.87. The fraction of sp³-hybridized carbons (Fsp3) is 0.143. The molecule has 3 aromatic carbocycles. The summed E-state index contributed by atoms with van der Waals surface area (Å²) in [4.78, 5) is 12.1. The number of ether oxygens (including phenoxy) is 1. The monoisotopic (exact) mass is 350 g/mol. The van der Waals surface area contributed by atoms with E-state index in [-0.39, 0.29) is 6.10 Å². The lowest BCUT2D eigenvalue weighted by atomic mass is 10.0. The van der Waals surface area contributed by atoms with Crippen LogP contribution in [0.1, 0.15) is 29.8 Å². The van der Waals surface area contributed by atoms with Gasteiger partial charge in [-0.25, -0.2) is 9.82 Å².